The topological polar surface area (TPSA) is 51.2 Å². The molecule has 104 valence electrons. The molecular weight excluding hydrogens is 240 g/mol. The normalized spacial score (nSPS) is 16.2. The molecule has 0 aromatic carbocycles. The van der Waals surface area contributed by atoms with Gasteiger partial charge in [-0.2, -0.15) is 0 Å². The standard InChI is InChI=1S/C15H22N2O2/c18-15(13-7-10-16-11-8-13)17-9-4-12-19-14-5-2-1-3-6-14/h7-8,10-11,14H,1-6,9,12H2,(H,17,18). The zero-order chi connectivity index (χ0) is 13.3. The number of carbonyl (C=O) groups excluding carboxylic acids is 1. The van der Waals surface area contributed by atoms with Crippen molar-refractivity contribution < 1.29 is 9.53 Å². The van der Waals surface area contributed by atoms with Gasteiger partial charge >= 0.3 is 0 Å². The maximum Gasteiger partial charge on any atom is 0.251 e. The van der Waals surface area contributed by atoms with E-state index in [4.69, 9.17) is 4.74 Å². The van der Waals surface area contributed by atoms with Gasteiger partial charge in [-0.1, -0.05) is 19.3 Å². The van der Waals surface area contributed by atoms with E-state index in [1.807, 2.05) is 0 Å². The first-order valence-electron chi connectivity index (χ1n) is 7.16. The summed E-state index contributed by atoms with van der Waals surface area (Å²) in [6, 6.07) is 3.43. The highest BCUT2D eigenvalue weighted by atomic mass is 16.5. The van der Waals surface area contributed by atoms with Crippen LogP contribution in [0.2, 0.25) is 0 Å². The zero-order valence-corrected chi connectivity index (χ0v) is 11.3. The number of carbonyl (C=O) groups is 1. The third-order valence-electron chi connectivity index (χ3n) is 3.45. The maximum atomic E-state index is 11.7. The molecule has 4 heteroatoms. The van der Waals surface area contributed by atoms with Crippen molar-refractivity contribution in [2.24, 2.45) is 0 Å². The predicted molar refractivity (Wildman–Crippen MR) is 74.0 cm³/mol. The molecule has 1 heterocycles. The number of rotatable bonds is 6. The van der Waals surface area contributed by atoms with Crippen LogP contribution in [-0.4, -0.2) is 30.1 Å². The minimum absolute atomic E-state index is 0.0416. The van der Waals surface area contributed by atoms with E-state index in [-0.39, 0.29) is 5.91 Å². The monoisotopic (exact) mass is 262 g/mol. The van der Waals surface area contributed by atoms with Crippen molar-refractivity contribution >= 4 is 5.91 Å². The number of pyridine rings is 1. The molecule has 2 rings (SSSR count). The lowest BCUT2D eigenvalue weighted by Gasteiger charge is -2.21. The van der Waals surface area contributed by atoms with Gasteiger partial charge in [0.1, 0.15) is 0 Å². The lowest BCUT2D eigenvalue weighted by Crippen LogP contribution is -2.26. The fourth-order valence-corrected chi connectivity index (χ4v) is 2.36. The second-order valence-electron chi connectivity index (χ2n) is 4.98. The molecule has 4 nitrogen and oxygen atoms in total. The van der Waals surface area contributed by atoms with Gasteiger partial charge in [0, 0.05) is 31.1 Å². The summed E-state index contributed by atoms with van der Waals surface area (Å²) in [5.41, 5.74) is 0.656. The Labute approximate surface area is 114 Å². The highest BCUT2D eigenvalue weighted by molar-refractivity contribution is 5.93. The minimum Gasteiger partial charge on any atom is -0.378 e. The molecule has 0 aliphatic heterocycles. The van der Waals surface area contributed by atoms with Gasteiger partial charge in [0.05, 0.1) is 6.10 Å². The van der Waals surface area contributed by atoms with E-state index in [1.54, 1.807) is 24.5 Å². The molecule has 1 aliphatic rings. The highest BCUT2D eigenvalue weighted by Crippen LogP contribution is 2.20. The van der Waals surface area contributed by atoms with Crippen LogP contribution in [0.4, 0.5) is 0 Å². The molecule has 0 spiro atoms. The average molecular weight is 262 g/mol. The largest absolute Gasteiger partial charge is 0.378 e. The fraction of sp³-hybridized carbons (Fsp3) is 0.600. The van der Waals surface area contributed by atoms with Crippen molar-refractivity contribution in [3.8, 4) is 0 Å². The Morgan fingerprint density at radius 1 is 1.26 bits per heavy atom. The van der Waals surface area contributed by atoms with E-state index < -0.39 is 0 Å². The highest BCUT2D eigenvalue weighted by Gasteiger charge is 2.13. The lowest BCUT2D eigenvalue weighted by atomic mass is 9.98. The van der Waals surface area contributed by atoms with E-state index >= 15 is 0 Å². The molecular formula is C15H22N2O2. The van der Waals surface area contributed by atoms with Gasteiger partial charge in [0.25, 0.3) is 5.91 Å². The number of amides is 1. The molecule has 1 aromatic heterocycles. The Morgan fingerprint density at radius 2 is 2.00 bits per heavy atom. The molecule has 0 saturated heterocycles. The summed E-state index contributed by atoms with van der Waals surface area (Å²) in [6.45, 7) is 1.40. The van der Waals surface area contributed by atoms with Gasteiger partial charge in [0.15, 0.2) is 0 Å². The van der Waals surface area contributed by atoms with Crippen LogP contribution >= 0.6 is 0 Å². The Bertz CT molecular complexity index is 375. The summed E-state index contributed by atoms with van der Waals surface area (Å²) >= 11 is 0. The molecule has 1 fully saturated rings. The van der Waals surface area contributed by atoms with Crippen LogP contribution < -0.4 is 5.32 Å². The van der Waals surface area contributed by atoms with Crippen LogP contribution in [0.15, 0.2) is 24.5 Å². The van der Waals surface area contributed by atoms with Crippen molar-refractivity contribution in [1.82, 2.24) is 10.3 Å². The van der Waals surface area contributed by atoms with E-state index in [0.717, 1.165) is 13.0 Å². The van der Waals surface area contributed by atoms with Crippen LogP contribution in [0.5, 0.6) is 0 Å². The number of nitrogens with one attached hydrogen (secondary N) is 1. The first-order valence-corrected chi connectivity index (χ1v) is 7.16. The first-order chi connectivity index (χ1) is 9.36. The molecule has 1 saturated carbocycles. The second-order valence-corrected chi connectivity index (χ2v) is 4.98. The maximum absolute atomic E-state index is 11.7. The molecule has 19 heavy (non-hydrogen) atoms. The summed E-state index contributed by atoms with van der Waals surface area (Å²) < 4.78 is 5.81. The number of hydrogen-bond donors (Lipinski definition) is 1. The van der Waals surface area contributed by atoms with E-state index in [2.05, 4.69) is 10.3 Å². The molecule has 0 bridgehead atoms. The Morgan fingerprint density at radius 3 is 2.74 bits per heavy atom. The van der Waals surface area contributed by atoms with Crippen LogP contribution in [-0.2, 0) is 4.74 Å². The van der Waals surface area contributed by atoms with Crippen molar-refractivity contribution in [3.63, 3.8) is 0 Å². The molecule has 0 atom stereocenters. The number of nitrogens with zero attached hydrogens (tertiary/aromatic N) is 1. The van der Waals surface area contributed by atoms with Crippen LogP contribution in [0.3, 0.4) is 0 Å². The lowest BCUT2D eigenvalue weighted by molar-refractivity contribution is 0.0273. The Hall–Kier alpha value is -1.42. The van der Waals surface area contributed by atoms with Gasteiger partial charge < -0.3 is 10.1 Å². The second kappa shape index (κ2) is 7.89. The summed E-state index contributed by atoms with van der Waals surface area (Å²) in [5, 5.41) is 2.89. The number of hydrogen-bond acceptors (Lipinski definition) is 3. The average Bonchev–Trinajstić information content (AvgIpc) is 2.49. The summed E-state index contributed by atoms with van der Waals surface area (Å²) in [5.74, 6) is -0.0416. The third-order valence-corrected chi connectivity index (χ3v) is 3.45. The van der Waals surface area contributed by atoms with Crippen LogP contribution in [0.25, 0.3) is 0 Å². The number of ether oxygens (including phenoxy) is 1. The van der Waals surface area contributed by atoms with Crippen molar-refractivity contribution in [1.29, 1.82) is 0 Å². The zero-order valence-electron chi connectivity index (χ0n) is 11.3. The SMILES string of the molecule is O=C(NCCCOC1CCCCC1)c1ccncc1. The number of aromatic nitrogens is 1. The van der Waals surface area contributed by atoms with Gasteiger partial charge in [-0.05, 0) is 31.4 Å². The van der Waals surface area contributed by atoms with Gasteiger partial charge in [-0.25, -0.2) is 0 Å². The van der Waals surface area contributed by atoms with Crippen molar-refractivity contribution in [2.45, 2.75) is 44.6 Å². The Kier molecular flexibility index (Phi) is 5.82. The molecule has 1 amide bonds. The van der Waals surface area contributed by atoms with Crippen LogP contribution in [0.1, 0.15) is 48.9 Å². The van der Waals surface area contributed by atoms with Gasteiger partial charge in [-0.3, -0.25) is 9.78 Å². The predicted octanol–water partition coefficient (Wildman–Crippen LogP) is 2.55. The van der Waals surface area contributed by atoms with Crippen molar-refractivity contribution in [3.05, 3.63) is 30.1 Å². The molecule has 0 radical (unpaired) electrons. The van der Waals surface area contributed by atoms with E-state index in [1.165, 1.54) is 32.1 Å². The van der Waals surface area contributed by atoms with Crippen molar-refractivity contribution in [2.75, 3.05) is 13.2 Å². The molecule has 1 aliphatic carbocycles. The van der Waals surface area contributed by atoms with Gasteiger partial charge in [0.2, 0.25) is 0 Å². The quantitative estimate of drug-likeness (QED) is 0.802. The smallest absolute Gasteiger partial charge is 0.251 e. The third kappa shape index (κ3) is 4.99. The summed E-state index contributed by atoms with van der Waals surface area (Å²) in [6.07, 6.45) is 10.9. The van der Waals surface area contributed by atoms with Gasteiger partial charge in [-0.15, -0.1) is 0 Å². The Balaban J connectivity index is 1.55. The first kappa shape index (κ1) is 14.0. The summed E-state index contributed by atoms with van der Waals surface area (Å²) in [7, 11) is 0. The summed E-state index contributed by atoms with van der Waals surface area (Å²) in [4.78, 5) is 15.6. The van der Waals surface area contributed by atoms with E-state index in [0.29, 0.717) is 18.2 Å². The molecule has 1 aromatic rings. The fourth-order valence-electron chi connectivity index (χ4n) is 2.36. The minimum atomic E-state index is -0.0416. The van der Waals surface area contributed by atoms with E-state index in [9.17, 15) is 4.79 Å². The van der Waals surface area contributed by atoms with Crippen LogP contribution in [0, 0.1) is 0 Å². The molecule has 0 unspecified atom stereocenters. The molecule has 1 N–H and O–H groups in total.